The molecule has 0 radical (unpaired) electrons. The van der Waals surface area contributed by atoms with Crippen LogP contribution in [0.2, 0.25) is 0 Å². The van der Waals surface area contributed by atoms with Gasteiger partial charge in [-0.15, -0.1) is 0 Å². The zero-order chi connectivity index (χ0) is 23.9. The van der Waals surface area contributed by atoms with E-state index in [1.54, 1.807) is 35.3 Å². The minimum atomic E-state index is -3.62. The van der Waals surface area contributed by atoms with E-state index in [1.165, 1.54) is 43.2 Å². The van der Waals surface area contributed by atoms with E-state index in [4.69, 9.17) is 0 Å². The van der Waals surface area contributed by atoms with Gasteiger partial charge in [0, 0.05) is 37.9 Å². The lowest BCUT2D eigenvalue weighted by Gasteiger charge is -2.14. The smallest absolute Gasteiger partial charge is 0.242 e. The topological polar surface area (TPSA) is 103 Å². The predicted molar refractivity (Wildman–Crippen MR) is 129 cm³/mol. The maximum absolute atomic E-state index is 12.8. The van der Waals surface area contributed by atoms with Crippen molar-refractivity contribution in [3.63, 3.8) is 0 Å². The minimum Gasteiger partial charge on any atom is -0.287 e. The lowest BCUT2D eigenvalue weighted by molar-refractivity contribution is 0.520. The highest BCUT2D eigenvalue weighted by Crippen LogP contribution is 2.25. The van der Waals surface area contributed by atoms with Gasteiger partial charge >= 0.3 is 0 Å². The van der Waals surface area contributed by atoms with Gasteiger partial charge in [-0.25, -0.2) is 22.1 Å². The van der Waals surface area contributed by atoms with Gasteiger partial charge in [-0.2, -0.15) is 10.2 Å². The summed E-state index contributed by atoms with van der Waals surface area (Å²) < 4.78 is 29.4. The van der Waals surface area contributed by atoms with Gasteiger partial charge in [0.15, 0.2) is 5.69 Å². The number of hydrogen-bond donors (Lipinski definition) is 0. The molecule has 10 heteroatoms. The molecular formula is C24H20N6O3S. The molecule has 5 aromatic rings. The average Bonchev–Trinajstić information content (AvgIpc) is 3.33. The van der Waals surface area contributed by atoms with Gasteiger partial charge in [0.2, 0.25) is 15.5 Å². The molecule has 5 rings (SSSR count). The summed E-state index contributed by atoms with van der Waals surface area (Å²) in [6.07, 6.45) is 4.81. The van der Waals surface area contributed by atoms with E-state index < -0.39 is 10.0 Å². The lowest BCUT2D eigenvalue weighted by Crippen LogP contribution is -2.22. The Bertz CT molecular complexity index is 1680. The van der Waals surface area contributed by atoms with Crippen LogP contribution in [-0.2, 0) is 10.0 Å². The summed E-state index contributed by atoms with van der Waals surface area (Å²) in [7, 11) is -0.674. The number of hydrogen-bond acceptors (Lipinski definition) is 6. The number of sulfonamides is 1. The van der Waals surface area contributed by atoms with E-state index in [-0.39, 0.29) is 16.0 Å². The molecular weight excluding hydrogens is 452 g/mol. The molecule has 0 bridgehead atoms. The number of benzene rings is 2. The van der Waals surface area contributed by atoms with E-state index in [2.05, 4.69) is 15.2 Å². The van der Waals surface area contributed by atoms with Crippen LogP contribution in [0, 0.1) is 0 Å². The Balaban J connectivity index is 1.65. The van der Waals surface area contributed by atoms with E-state index in [0.29, 0.717) is 11.4 Å². The van der Waals surface area contributed by atoms with E-state index in [0.717, 1.165) is 20.9 Å². The van der Waals surface area contributed by atoms with Crippen molar-refractivity contribution < 1.29 is 8.42 Å². The van der Waals surface area contributed by atoms with Crippen LogP contribution in [0.3, 0.4) is 0 Å². The second kappa shape index (κ2) is 8.32. The zero-order valence-corrected chi connectivity index (χ0v) is 19.2. The van der Waals surface area contributed by atoms with Crippen LogP contribution in [0.5, 0.6) is 0 Å². The number of fused-ring (bicyclic) bond motifs is 1. The Morgan fingerprint density at radius 3 is 2.56 bits per heavy atom. The molecule has 0 fully saturated rings. The summed E-state index contributed by atoms with van der Waals surface area (Å²) in [5, 5.41) is 9.86. The molecule has 0 aliphatic heterocycles. The molecule has 0 amide bonds. The van der Waals surface area contributed by atoms with E-state index >= 15 is 0 Å². The Labute approximate surface area is 195 Å². The van der Waals surface area contributed by atoms with Crippen LogP contribution in [0.4, 0.5) is 0 Å². The highest BCUT2D eigenvalue weighted by molar-refractivity contribution is 7.89. The van der Waals surface area contributed by atoms with Crippen LogP contribution in [0.15, 0.2) is 95.0 Å². The number of nitrogens with zero attached hydrogens (tertiary/aromatic N) is 6. The van der Waals surface area contributed by atoms with Crippen molar-refractivity contribution in [2.24, 2.45) is 0 Å². The van der Waals surface area contributed by atoms with Gasteiger partial charge < -0.3 is 0 Å². The maximum atomic E-state index is 12.8. The van der Waals surface area contributed by atoms with Crippen molar-refractivity contribution in [3.05, 3.63) is 95.5 Å². The molecule has 0 aliphatic carbocycles. The predicted octanol–water partition coefficient (Wildman–Crippen LogP) is 2.88. The quantitative estimate of drug-likeness (QED) is 0.390. The molecule has 0 spiro atoms. The fourth-order valence-electron chi connectivity index (χ4n) is 3.67. The van der Waals surface area contributed by atoms with Gasteiger partial charge in [0.25, 0.3) is 0 Å². The largest absolute Gasteiger partial charge is 0.287 e. The van der Waals surface area contributed by atoms with Crippen LogP contribution in [-0.4, -0.2) is 51.4 Å². The first-order valence-electron chi connectivity index (χ1n) is 10.4. The lowest BCUT2D eigenvalue weighted by atomic mass is 10.2. The second-order valence-corrected chi connectivity index (χ2v) is 9.89. The van der Waals surface area contributed by atoms with Crippen molar-refractivity contribution in [2.45, 2.75) is 4.90 Å². The van der Waals surface area contributed by atoms with E-state index in [9.17, 15) is 13.2 Å². The van der Waals surface area contributed by atoms with Crippen LogP contribution in [0.1, 0.15) is 0 Å². The molecule has 0 aliphatic rings. The molecule has 34 heavy (non-hydrogen) atoms. The minimum absolute atomic E-state index is 0.130. The Morgan fingerprint density at radius 1 is 0.912 bits per heavy atom. The SMILES string of the molecule is CN(C)S(=O)(=O)c1cccc(-n2ccc(=O)c(-c3ccnn3-c3ccnc4ccccc34)n2)c1. The molecule has 0 saturated carbocycles. The normalized spacial score (nSPS) is 11.9. The Morgan fingerprint density at radius 2 is 1.74 bits per heavy atom. The van der Waals surface area contributed by atoms with Crippen molar-refractivity contribution in [1.82, 2.24) is 28.9 Å². The summed E-state index contributed by atoms with van der Waals surface area (Å²) in [6, 6.07) is 19.0. The maximum Gasteiger partial charge on any atom is 0.242 e. The monoisotopic (exact) mass is 472 g/mol. The van der Waals surface area contributed by atoms with E-state index in [1.807, 2.05) is 30.3 Å². The molecule has 0 atom stereocenters. The molecule has 2 aromatic carbocycles. The van der Waals surface area contributed by atoms with Gasteiger partial charge in [0.05, 0.1) is 33.7 Å². The van der Waals surface area contributed by atoms with Crippen LogP contribution < -0.4 is 5.43 Å². The third kappa shape index (κ3) is 3.68. The highest BCUT2D eigenvalue weighted by atomic mass is 32.2. The molecule has 170 valence electrons. The zero-order valence-electron chi connectivity index (χ0n) is 18.4. The van der Waals surface area contributed by atoms with Crippen molar-refractivity contribution in [2.75, 3.05) is 14.1 Å². The standard InChI is InChI=1S/C24H20N6O3S/c1-28(2)34(32,33)18-7-5-6-17(16-18)29-15-12-23(31)24(27-29)22-11-14-26-30(22)21-10-13-25-20-9-4-3-8-19(20)21/h3-16H,1-2H3. The van der Waals surface area contributed by atoms with Crippen LogP contribution in [0.25, 0.3) is 33.7 Å². The highest BCUT2D eigenvalue weighted by Gasteiger charge is 2.19. The summed E-state index contributed by atoms with van der Waals surface area (Å²) in [5.74, 6) is 0. The first-order valence-corrected chi connectivity index (χ1v) is 11.8. The van der Waals surface area contributed by atoms with Crippen molar-refractivity contribution >= 4 is 20.9 Å². The van der Waals surface area contributed by atoms with Gasteiger partial charge in [-0.3, -0.25) is 9.78 Å². The average molecular weight is 473 g/mol. The van der Waals surface area contributed by atoms with Gasteiger partial charge in [-0.1, -0.05) is 24.3 Å². The van der Waals surface area contributed by atoms with Gasteiger partial charge in [0.1, 0.15) is 0 Å². The van der Waals surface area contributed by atoms with Crippen molar-refractivity contribution in [3.8, 4) is 22.8 Å². The fraction of sp³-hybridized carbons (Fsp3) is 0.0833. The summed E-state index contributed by atoms with van der Waals surface area (Å²) >= 11 is 0. The molecule has 0 unspecified atom stereocenters. The van der Waals surface area contributed by atoms with Gasteiger partial charge in [-0.05, 0) is 36.4 Å². The third-order valence-electron chi connectivity index (χ3n) is 5.41. The molecule has 9 nitrogen and oxygen atoms in total. The number of pyridine rings is 1. The first-order chi connectivity index (χ1) is 16.4. The summed E-state index contributed by atoms with van der Waals surface area (Å²) in [6.45, 7) is 0. The molecule has 3 aromatic heterocycles. The molecule has 0 saturated heterocycles. The summed E-state index contributed by atoms with van der Waals surface area (Å²) in [5.41, 5.74) is 2.48. The molecule has 3 heterocycles. The van der Waals surface area contributed by atoms with Crippen LogP contribution >= 0.6 is 0 Å². The Hall–Kier alpha value is -4.15. The third-order valence-corrected chi connectivity index (χ3v) is 7.22. The number of aromatic nitrogens is 5. The first kappa shape index (κ1) is 21.7. The molecule has 0 N–H and O–H groups in total. The fourth-order valence-corrected chi connectivity index (χ4v) is 4.61. The second-order valence-electron chi connectivity index (χ2n) is 7.73. The number of rotatable bonds is 5. The number of para-hydroxylation sites is 1. The Kier molecular flexibility index (Phi) is 5.31. The van der Waals surface area contributed by atoms with Crippen molar-refractivity contribution in [1.29, 1.82) is 0 Å². The summed E-state index contributed by atoms with van der Waals surface area (Å²) in [4.78, 5) is 17.4.